The summed E-state index contributed by atoms with van der Waals surface area (Å²) >= 11 is 0. The van der Waals surface area contributed by atoms with E-state index >= 15 is 0 Å². The zero-order valence-corrected chi connectivity index (χ0v) is 20.3. The lowest BCUT2D eigenvalue weighted by Gasteiger charge is -2.30. The Morgan fingerprint density at radius 2 is 1.83 bits per heavy atom. The van der Waals surface area contributed by atoms with Crippen molar-refractivity contribution in [1.82, 2.24) is 34.3 Å². The van der Waals surface area contributed by atoms with Crippen LogP contribution in [0.3, 0.4) is 0 Å². The molecule has 10 nitrogen and oxygen atoms in total. The Morgan fingerprint density at radius 1 is 1.11 bits per heavy atom. The standard InChI is InChI=1S/C22H23F3N8O2S/c1-12(14-4-3-5-15(18(14)23)19(24)25)28-20-17-10-16(13-6-8-32(9-7-13)36(2,34)35)22-29-30-31-33(22)21(17)27-11-26-20/h3-5,10-13,19H,6-9H2,1-2H3,(H,26,27,28)/t12-/m1/s1. The fraction of sp³-hybridized carbons (Fsp3) is 0.409. The Labute approximate surface area is 204 Å². The third-order valence-corrected chi connectivity index (χ3v) is 7.87. The van der Waals surface area contributed by atoms with Gasteiger partial charge in [0.15, 0.2) is 11.3 Å². The molecular formula is C22H23F3N8O2S. The quantitative estimate of drug-likeness (QED) is 0.411. The van der Waals surface area contributed by atoms with Gasteiger partial charge in [-0.1, -0.05) is 18.2 Å². The number of pyridine rings is 1. The van der Waals surface area contributed by atoms with Crippen LogP contribution in [0, 0.1) is 5.82 Å². The third kappa shape index (κ3) is 4.34. The molecule has 1 fully saturated rings. The first-order valence-electron chi connectivity index (χ1n) is 11.3. The summed E-state index contributed by atoms with van der Waals surface area (Å²) < 4.78 is 67.9. The molecule has 1 aliphatic heterocycles. The number of nitrogens with one attached hydrogen (secondary N) is 1. The molecule has 0 amide bonds. The molecule has 36 heavy (non-hydrogen) atoms. The third-order valence-electron chi connectivity index (χ3n) is 6.57. The summed E-state index contributed by atoms with van der Waals surface area (Å²) in [5.74, 6) is -0.611. The van der Waals surface area contributed by atoms with Crippen molar-refractivity contribution in [2.24, 2.45) is 0 Å². The van der Waals surface area contributed by atoms with Gasteiger partial charge in [-0.25, -0.2) is 35.9 Å². The molecule has 190 valence electrons. The second kappa shape index (κ2) is 9.24. The molecule has 1 saturated heterocycles. The highest BCUT2D eigenvalue weighted by Gasteiger charge is 2.29. The van der Waals surface area contributed by atoms with E-state index in [2.05, 4.69) is 30.8 Å². The van der Waals surface area contributed by atoms with Crippen molar-refractivity contribution in [3.05, 3.63) is 53.1 Å². The molecule has 0 spiro atoms. The highest BCUT2D eigenvalue weighted by molar-refractivity contribution is 7.88. The first-order chi connectivity index (χ1) is 17.1. The monoisotopic (exact) mass is 520 g/mol. The largest absolute Gasteiger partial charge is 0.363 e. The van der Waals surface area contributed by atoms with Gasteiger partial charge in [0, 0.05) is 24.2 Å². The number of hydrogen-bond donors (Lipinski definition) is 1. The van der Waals surface area contributed by atoms with Crippen LogP contribution in [0.25, 0.3) is 16.7 Å². The second-order valence-corrected chi connectivity index (χ2v) is 10.8. The number of nitrogens with zero attached hydrogens (tertiary/aromatic N) is 7. The summed E-state index contributed by atoms with van der Waals surface area (Å²) in [5, 5.41) is 15.7. The van der Waals surface area contributed by atoms with Crippen molar-refractivity contribution in [3.8, 4) is 0 Å². The van der Waals surface area contributed by atoms with Gasteiger partial charge in [0.05, 0.1) is 23.2 Å². The van der Waals surface area contributed by atoms with E-state index < -0.39 is 33.9 Å². The Kier molecular flexibility index (Phi) is 6.24. The van der Waals surface area contributed by atoms with Crippen LogP contribution >= 0.6 is 0 Å². The number of anilines is 1. The van der Waals surface area contributed by atoms with Crippen LogP contribution in [-0.4, -0.2) is 62.1 Å². The average molecular weight is 521 g/mol. The number of piperidine rings is 1. The minimum absolute atomic E-state index is 0.00783. The maximum atomic E-state index is 14.7. The van der Waals surface area contributed by atoms with Gasteiger partial charge in [0.25, 0.3) is 6.43 Å². The number of rotatable bonds is 6. The molecular weight excluding hydrogens is 497 g/mol. The smallest absolute Gasteiger partial charge is 0.266 e. The number of halogens is 3. The number of sulfonamides is 1. The number of fused-ring (bicyclic) bond motifs is 3. The van der Waals surface area contributed by atoms with Crippen LogP contribution in [0.5, 0.6) is 0 Å². The molecule has 0 saturated carbocycles. The number of hydrogen-bond acceptors (Lipinski definition) is 8. The highest BCUT2D eigenvalue weighted by Crippen LogP contribution is 2.35. The van der Waals surface area contributed by atoms with Crippen LogP contribution in [-0.2, 0) is 10.0 Å². The molecule has 1 aromatic carbocycles. The van der Waals surface area contributed by atoms with Crippen molar-refractivity contribution in [2.45, 2.75) is 38.2 Å². The maximum absolute atomic E-state index is 14.7. The van der Waals surface area contributed by atoms with Crippen LogP contribution in [0.15, 0.2) is 30.6 Å². The lowest BCUT2D eigenvalue weighted by atomic mass is 9.90. The first-order valence-corrected chi connectivity index (χ1v) is 13.1. The van der Waals surface area contributed by atoms with Crippen molar-refractivity contribution in [2.75, 3.05) is 24.7 Å². The molecule has 3 aromatic heterocycles. The SMILES string of the molecule is C[C@@H](Nc1ncnc2c1cc(C1CCN(S(C)(=O)=O)CC1)c1nnnn12)c1cccc(C(F)F)c1F. The minimum atomic E-state index is -3.28. The van der Waals surface area contributed by atoms with E-state index in [1.54, 1.807) is 6.92 Å². The van der Waals surface area contributed by atoms with E-state index in [1.807, 2.05) is 6.07 Å². The second-order valence-electron chi connectivity index (χ2n) is 8.83. The van der Waals surface area contributed by atoms with Crippen molar-refractivity contribution in [1.29, 1.82) is 0 Å². The summed E-state index contributed by atoms with van der Waals surface area (Å²) in [4.78, 5) is 8.64. The van der Waals surface area contributed by atoms with Crippen LogP contribution in [0.4, 0.5) is 19.0 Å². The van der Waals surface area contributed by atoms with E-state index in [0.717, 1.165) is 11.6 Å². The van der Waals surface area contributed by atoms with Gasteiger partial charge in [-0.05, 0) is 42.2 Å². The zero-order valence-electron chi connectivity index (χ0n) is 19.4. The summed E-state index contributed by atoms with van der Waals surface area (Å²) in [6.45, 7) is 2.41. The number of aromatic nitrogens is 6. The van der Waals surface area contributed by atoms with E-state index in [0.29, 0.717) is 48.4 Å². The number of benzene rings is 1. The summed E-state index contributed by atoms with van der Waals surface area (Å²) in [7, 11) is -3.28. The first kappa shape index (κ1) is 24.3. The molecule has 0 unspecified atom stereocenters. The normalized spacial score (nSPS) is 16.7. The Bertz CT molecular complexity index is 1540. The fourth-order valence-electron chi connectivity index (χ4n) is 4.69. The van der Waals surface area contributed by atoms with Gasteiger partial charge in [0.1, 0.15) is 18.0 Å². The van der Waals surface area contributed by atoms with Gasteiger partial charge in [-0.3, -0.25) is 0 Å². The Balaban J connectivity index is 1.53. The summed E-state index contributed by atoms with van der Waals surface area (Å²) in [6, 6.07) is 5.08. The number of alkyl halides is 2. The molecule has 0 radical (unpaired) electrons. The van der Waals surface area contributed by atoms with E-state index in [9.17, 15) is 21.6 Å². The molecule has 5 rings (SSSR count). The molecule has 4 heterocycles. The predicted octanol–water partition coefficient (Wildman–Crippen LogP) is 3.46. The van der Waals surface area contributed by atoms with Gasteiger partial charge >= 0.3 is 0 Å². The van der Waals surface area contributed by atoms with Crippen LogP contribution in [0.1, 0.15) is 54.8 Å². The minimum Gasteiger partial charge on any atom is -0.363 e. The topological polar surface area (TPSA) is 118 Å². The molecule has 4 aromatic rings. The maximum Gasteiger partial charge on any atom is 0.266 e. The average Bonchev–Trinajstić information content (AvgIpc) is 3.33. The summed E-state index contributed by atoms with van der Waals surface area (Å²) in [5.41, 5.74) is 1.16. The van der Waals surface area contributed by atoms with Crippen LogP contribution in [0.2, 0.25) is 0 Å². The van der Waals surface area contributed by atoms with Gasteiger partial charge in [-0.2, -0.15) is 4.52 Å². The molecule has 1 N–H and O–H groups in total. The van der Waals surface area contributed by atoms with Crippen molar-refractivity contribution >= 4 is 32.5 Å². The van der Waals surface area contributed by atoms with Gasteiger partial charge in [0.2, 0.25) is 10.0 Å². The van der Waals surface area contributed by atoms with E-state index in [-0.39, 0.29) is 11.5 Å². The van der Waals surface area contributed by atoms with Crippen molar-refractivity contribution < 1.29 is 21.6 Å². The Morgan fingerprint density at radius 3 is 2.53 bits per heavy atom. The van der Waals surface area contributed by atoms with Crippen LogP contribution < -0.4 is 5.32 Å². The molecule has 0 bridgehead atoms. The van der Waals surface area contributed by atoms with E-state index in [4.69, 9.17) is 0 Å². The van der Waals surface area contributed by atoms with E-state index in [1.165, 1.54) is 33.5 Å². The molecule has 1 aliphatic rings. The molecule has 0 aliphatic carbocycles. The zero-order chi connectivity index (χ0) is 25.6. The van der Waals surface area contributed by atoms with Gasteiger partial charge in [-0.15, -0.1) is 5.10 Å². The molecule has 14 heteroatoms. The van der Waals surface area contributed by atoms with Gasteiger partial charge < -0.3 is 5.32 Å². The fourth-order valence-corrected chi connectivity index (χ4v) is 5.56. The van der Waals surface area contributed by atoms with Crippen molar-refractivity contribution in [3.63, 3.8) is 0 Å². The lowest BCUT2D eigenvalue weighted by molar-refractivity contribution is 0.146. The lowest BCUT2D eigenvalue weighted by Crippen LogP contribution is -2.37. The predicted molar refractivity (Wildman–Crippen MR) is 126 cm³/mol. The number of tetrazole rings is 1. The Hall–Kier alpha value is -3.39. The summed E-state index contributed by atoms with van der Waals surface area (Å²) in [6.07, 6.45) is 0.746. The molecule has 1 atom stereocenters. The highest BCUT2D eigenvalue weighted by atomic mass is 32.2.